The van der Waals surface area contributed by atoms with Crippen LogP contribution in [0.4, 0.5) is 13.2 Å². The summed E-state index contributed by atoms with van der Waals surface area (Å²) in [7, 11) is 0. The van der Waals surface area contributed by atoms with Crippen LogP contribution >= 0.6 is 0 Å². The highest BCUT2D eigenvalue weighted by Crippen LogP contribution is 2.14. The molecule has 2 N–H and O–H groups in total. The van der Waals surface area contributed by atoms with E-state index in [9.17, 15) is 22.8 Å². The normalized spacial score (nSPS) is 12.6. The Morgan fingerprint density at radius 1 is 1.25 bits per heavy atom. The first-order chi connectivity index (χ1) is 9.34. The number of aliphatic hydroxyl groups is 1. The van der Waals surface area contributed by atoms with Crippen molar-refractivity contribution in [3.8, 4) is 0 Å². The molecular weight excluding hydrogens is 279 g/mol. The summed E-state index contributed by atoms with van der Waals surface area (Å²) in [5.74, 6) is -3.46. The maximum absolute atomic E-state index is 12.0. The average Bonchev–Trinajstić information content (AvgIpc) is 2.41. The molecule has 20 heavy (non-hydrogen) atoms. The summed E-state index contributed by atoms with van der Waals surface area (Å²) in [6.07, 6.45) is -5.13. The third-order valence-corrected chi connectivity index (χ3v) is 2.25. The zero-order chi connectivity index (χ0) is 15.2. The number of hydrogen-bond acceptors (Lipinski definition) is 4. The molecule has 0 aliphatic carbocycles. The lowest BCUT2D eigenvalue weighted by Gasteiger charge is -2.16. The van der Waals surface area contributed by atoms with Crippen molar-refractivity contribution in [1.82, 2.24) is 5.32 Å². The summed E-state index contributed by atoms with van der Waals surface area (Å²) in [5.41, 5.74) is 0.625. The Morgan fingerprint density at radius 2 is 1.85 bits per heavy atom. The highest BCUT2D eigenvalue weighted by molar-refractivity contribution is 5.87. The standard InChI is InChI=1S/C12H12F3NO4/c13-12(14,15)11(19)16-9(6-17)10(18)20-7-8-4-2-1-3-5-8/h1-5,9,17H,6-7H2,(H,16,19). The van der Waals surface area contributed by atoms with Crippen molar-refractivity contribution in [1.29, 1.82) is 0 Å². The molecule has 0 aliphatic heterocycles. The van der Waals surface area contributed by atoms with Crippen molar-refractivity contribution >= 4 is 11.9 Å². The molecule has 1 rings (SSSR count). The summed E-state index contributed by atoms with van der Waals surface area (Å²) in [5, 5.41) is 10.2. The van der Waals surface area contributed by atoms with Crippen LogP contribution in [0.2, 0.25) is 0 Å². The molecule has 0 heterocycles. The Balaban J connectivity index is 2.53. The van der Waals surface area contributed by atoms with Crippen LogP contribution < -0.4 is 5.32 Å². The first-order valence-corrected chi connectivity index (χ1v) is 5.53. The highest BCUT2D eigenvalue weighted by atomic mass is 19.4. The predicted molar refractivity (Wildman–Crippen MR) is 61.3 cm³/mol. The van der Waals surface area contributed by atoms with Gasteiger partial charge in [-0.25, -0.2) is 4.79 Å². The maximum atomic E-state index is 12.0. The van der Waals surface area contributed by atoms with Crippen LogP contribution in [0.3, 0.4) is 0 Å². The van der Waals surface area contributed by atoms with E-state index in [1.54, 1.807) is 30.3 Å². The molecule has 8 heteroatoms. The van der Waals surface area contributed by atoms with Gasteiger partial charge in [0.1, 0.15) is 6.61 Å². The minimum absolute atomic E-state index is 0.169. The van der Waals surface area contributed by atoms with Gasteiger partial charge in [0.15, 0.2) is 6.04 Å². The topological polar surface area (TPSA) is 75.6 Å². The minimum Gasteiger partial charge on any atom is -0.459 e. The van der Waals surface area contributed by atoms with E-state index in [4.69, 9.17) is 9.84 Å². The largest absolute Gasteiger partial charge is 0.471 e. The molecule has 5 nitrogen and oxygen atoms in total. The average molecular weight is 291 g/mol. The second-order valence-corrected chi connectivity index (χ2v) is 3.80. The number of rotatable bonds is 5. The lowest BCUT2D eigenvalue weighted by atomic mass is 10.2. The van der Waals surface area contributed by atoms with E-state index in [0.717, 1.165) is 0 Å². The second-order valence-electron chi connectivity index (χ2n) is 3.80. The number of nitrogens with one attached hydrogen (secondary N) is 1. The SMILES string of the molecule is O=C(OCc1ccccc1)C(CO)NC(=O)C(F)(F)F. The summed E-state index contributed by atoms with van der Waals surface area (Å²) >= 11 is 0. The monoisotopic (exact) mass is 291 g/mol. The fourth-order valence-corrected chi connectivity index (χ4v) is 1.25. The number of carbonyl (C=O) groups excluding carboxylic acids is 2. The highest BCUT2D eigenvalue weighted by Gasteiger charge is 2.41. The van der Waals surface area contributed by atoms with Gasteiger partial charge < -0.3 is 15.2 Å². The molecule has 0 radical (unpaired) electrons. The Morgan fingerprint density at radius 3 is 2.35 bits per heavy atom. The molecule has 0 saturated carbocycles. The van der Waals surface area contributed by atoms with Gasteiger partial charge in [0.25, 0.3) is 0 Å². The van der Waals surface area contributed by atoms with Gasteiger partial charge >= 0.3 is 18.1 Å². The van der Waals surface area contributed by atoms with Crippen molar-refractivity contribution in [2.75, 3.05) is 6.61 Å². The molecule has 0 saturated heterocycles. The van der Waals surface area contributed by atoms with Gasteiger partial charge in [-0.2, -0.15) is 13.2 Å². The Hall–Kier alpha value is -2.09. The number of carbonyl (C=O) groups is 2. The Bertz CT molecular complexity index is 462. The van der Waals surface area contributed by atoms with Gasteiger partial charge in [-0.15, -0.1) is 0 Å². The van der Waals surface area contributed by atoms with Crippen molar-refractivity contribution in [2.45, 2.75) is 18.8 Å². The summed E-state index contributed by atoms with van der Waals surface area (Å²) in [6.45, 7) is -1.16. The number of esters is 1. The number of amides is 1. The molecule has 1 amide bonds. The second kappa shape index (κ2) is 6.90. The van der Waals surface area contributed by atoms with Crippen LogP contribution in [-0.2, 0) is 20.9 Å². The van der Waals surface area contributed by atoms with E-state index in [2.05, 4.69) is 0 Å². The van der Waals surface area contributed by atoms with Crippen LogP contribution in [0, 0.1) is 0 Å². The smallest absolute Gasteiger partial charge is 0.459 e. The van der Waals surface area contributed by atoms with Gasteiger partial charge in [-0.05, 0) is 5.56 Å². The molecule has 0 spiro atoms. The van der Waals surface area contributed by atoms with Gasteiger partial charge in [-0.1, -0.05) is 30.3 Å². The van der Waals surface area contributed by atoms with E-state index in [0.29, 0.717) is 5.56 Å². The summed E-state index contributed by atoms with van der Waals surface area (Å²) < 4.78 is 40.8. The quantitative estimate of drug-likeness (QED) is 0.786. The molecule has 0 aliphatic rings. The Labute approximate surface area is 112 Å². The molecule has 0 aromatic heterocycles. The van der Waals surface area contributed by atoms with Gasteiger partial charge in [0.05, 0.1) is 6.61 Å². The van der Waals surface area contributed by atoms with E-state index in [-0.39, 0.29) is 6.61 Å². The zero-order valence-electron chi connectivity index (χ0n) is 10.2. The van der Waals surface area contributed by atoms with E-state index >= 15 is 0 Å². The van der Waals surface area contributed by atoms with Crippen molar-refractivity contribution in [3.05, 3.63) is 35.9 Å². The molecule has 110 valence electrons. The van der Waals surface area contributed by atoms with Gasteiger partial charge in [0, 0.05) is 0 Å². The third kappa shape index (κ3) is 4.88. The number of benzene rings is 1. The number of ether oxygens (including phenoxy) is 1. The number of alkyl halides is 3. The van der Waals surface area contributed by atoms with Crippen molar-refractivity contribution < 1.29 is 32.6 Å². The predicted octanol–water partition coefficient (Wildman–Crippen LogP) is 0.769. The van der Waals surface area contributed by atoms with Crippen molar-refractivity contribution in [3.63, 3.8) is 0 Å². The first kappa shape index (κ1) is 16.0. The summed E-state index contributed by atoms with van der Waals surface area (Å²) in [4.78, 5) is 22.1. The maximum Gasteiger partial charge on any atom is 0.471 e. The molecular formula is C12H12F3NO4. The van der Waals surface area contributed by atoms with Gasteiger partial charge in [0.2, 0.25) is 0 Å². The van der Waals surface area contributed by atoms with Crippen LogP contribution in [0.1, 0.15) is 5.56 Å². The van der Waals surface area contributed by atoms with Crippen LogP contribution in [-0.4, -0.2) is 35.8 Å². The first-order valence-electron chi connectivity index (χ1n) is 5.53. The summed E-state index contributed by atoms with van der Waals surface area (Å²) in [6, 6.07) is 6.67. The lowest BCUT2D eigenvalue weighted by Crippen LogP contribution is -2.49. The fourth-order valence-electron chi connectivity index (χ4n) is 1.25. The van der Waals surface area contributed by atoms with Crippen molar-refractivity contribution in [2.24, 2.45) is 0 Å². The van der Waals surface area contributed by atoms with Crippen LogP contribution in [0.15, 0.2) is 30.3 Å². The van der Waals surface area contributed by atoms with Crippen LogP contribution in [0.25, 0.3) is 0 Å². The number of halogens is 3. The number of aliphatic hydroxyl groups excluding tert-OH is 1. The molecule has 0 fully saturated rings. The van der Waals surface area contributed by atoms with Gasteiger partial charge in [-0.3, -0.25) is 4.79 Å². The molecule has 1 atom stereocenters. The third-order valence-electron chi connectivity index (χ3n) is 2.25. The molecule has 1 unspecified atom stereocenters. The van der Waals surface area contributed by atoms with E-state index < -0.39 is 30.7 Å². The number of hydrogen-bond donors (Lipinski definition) is 2. The lowest BCUT2D eigenvalue weighted by molar-refractivity contribution is -0.176. The molecule has 1 aromatic carbocycles. The van der Waals surface area contributed by atoms with Crippen LogP contribution in [0.5, 0.6) is 0 Å². The van der Waals surface area contributed by atoms with E-state index in [1.807, 2.05) is 0 Å². The minimum atomic E-state index is -5.13. The Kier molecular flexibility index (Phi) is 5.51. The zero-order valence-corrected chi connectivity index (χ0v) is 10.2. The molecule has 1 aromatic rings. The molecule has 0 bridgehead atoms. The fraction of sp³-hybridized carbons (Fsp3) is 0.333. The van der Waals surface area contributed by atoms with E-state index in [1.165, 1.54) is 5.32 Å².